The standard InChI is InChI=1S/C11H18N2O4/c14-9-2-5-12(6-3-9)10(15)8-1-4-13(7-8)11(16)17/h8-9,14H,1-7H2,(H,16,17). The van der Waals surface area contributed by atoms with Crippen molar-refractivity contribution in [2.45, 2.75) is 25.4 Å². The Morgan fingerprint density at radius 1 is 1.00 bits per heavy atom. The lowest BCUT2D eigenvalue weighted by Crippen LogP contribution is -2.43. The molecular formula is C11H18N2O4. The van der Waals surface area contributed by atoms with Crippen LogP contribution in [-0.4, -0.2) is 64.3 Å². The van der Waals surface area contributed by atoms with Crippen LogP contribution in [0.5, 0.6) is 0 Å². The average Bonchev–Trinajstić information content (AvgIpc) is 2.78. The van der Waals surface area contributed by atoms with E-state index < -0.39 is 6.09 Å². The third kappa shape index (κ3) is 2.69. The largest absolute Gasteiger partial charge is 0.465 e. The second kappa shape index (κ2) is 4.91. The van der Waals surface area contributed by atoms with Gasteiger partial charge in [-0.05, 0) is 19.3 Å². The second-order valence-electron chi connectivity index (χ2n) is 4.77. The summed E-state index contributed by atoms with van der Waals surface area (Å²) in [6.07, 6.45) is 0.624. The van der Waals surface area contributed by atoms with Crippen LogP contribution in [0.3, 0.4) is 0 Å². The molecule has 2 heterocycles. The molecule has 0 spiro atoms. The second-order valence-corrected chi connectivity index (χ2v) is 4.77. The Kier molecular flexibility index (Phi) is 3.51. The molecule has 0 aromatic rings. The van der Waals surface area contributed by atoms with Gasteiger partial charge in [-0.1, -0.05) is 0 Å². The maximum absolute atomic E-state index is 12.1. The molecule has 2 saturated heterocycles. The number of nitrogens with zero attached hydrogens (tertiary/aromatic N) is 2. The van der Waals surface area contributed by atoms with E-state index in [1.54, 1.807) is 4.90 Å². The van der Waals surface area contributed by atoms with Crippen LogP contribution in [0.15, 0.2) is 0 Å². The number of hydrogen-bond acceptors (Lipinski definition) is 3. The van der Waals surface area contributed by atoms with Gasteiger partial charge in [-0.15, -0.1) is 0 Å². The molecule has 0 bridgehead atoms. The highest BCUT2D eigenvalue weighted by Gasteiger charge is 2.34. The normalized spacial score (nSPS) is 26.3. The minimum Gasteiger partial charge on any atom is -0.465 e. The quantitative estimate of drug-likeness (QED) is 0.676. The molecule has 1 atom stereocenters. The van der Waals surface area contributed by atoms with Crippen molar-refractivity contribution >= 4 is 12.0 Å². The highest BCUT2D eigenvalue weighted by molar-refractivity contribution is 5.80. The third-order valence-corrected chi connectivity index (χ3v) is 3.58. The molecule has 0 aromatic carbocycles. The van der Waals surface area contributed by atoms with E-state index in [0.717, 1.165) is 0 Å². The Morgan fingerprint density at radius 3 is 2.12 bits per heavy atom. The van der Waals surface area contributed by atoms with Gasteiger partial charge in [0.2, 0.25) is 5.91 Å². The fourth-order valence-corrected chi connectivity index (χ4v) is 2.48. The van der Waals surface area contributed by atoms with Crippen molar-refractivity contribution in [3.8, 4) is 0 Å². The minimum absolute atomic E-state index is 0.0423. The van der Waals surface area contributed by atoms with Crippen molar-refractivity contribution in [3.05, 3.63) is 0 Å². The predicted octanol–water partition coefficient (Wildman–Crippen LogP) is -0.0304. The average molecular weight is 242 g/mol. The van der Waals surface area contributed by atoms with Gasteiger partial charge < -0.3 is 20.0 Å². The number of carbonyl (C=O) groups excluding carboxylic acids is 1. The van der Waals surface area contributed by atoms with Crippen LogP contribution < -0.4 is 0 Å². The lowest BCUT2D eigenvalue weighted by molar-refractivity contribution is -0.137. The third-order valence-electron chi connectivity index (χ3n) is 3.58. The van der Waals surface area contributed by atoms with Gasteiger partial charge in [-0.25, -0.2) is 4.79 Å². The van der Waals surface area contributed by atoms with Crippen molar-refractivity contribution in [1.29, 1.82) is 0 Å². The molecule has 0 radical (unpaired) electrons. The number of carboxylic acid groups (broad SMARTS) is 1. The fourth-order valence-electron chi connectivity index (χ4n) is 2.48. The minimum atomic E-state index is -0.950. The monoisotopic (exact) mass is 242 g/mol. The number of likely N-dealkylation sites (tertiary alicyclic amines) is 2. The number of carbonyl (C=O) groups is 2. The van der Waals surface area contributed by atoms with Gasteiger partial charge in [0.15, 0.2) is 0 Å². The summed E-state index contributed by atoms with van der Waals surface area (Å²) in [5.74, 6) is -0.151. The Balaban J connectivity index is 1.86. The van der Waals surface area contributed by atoms with Crippen LogP contribution in [-0.2, 0) is 4.79 Å². The van der Waals surface area contributed by atoms with Gasteiger partial charge in [0.05, 0.1) is 12.0 Å². The topological polar surface area (TPSA) is 81.1 Å². The van der Waals surface area contributed by atoms with Gasteiger partial charge in [0.1, 0.15) is 0 Å². The molecule has 0 aliphatic carbocycles. The molecule has 2 aliphatic heterocycles. The van der Waals surface area contributed by atoms with Crippen LogP contribution in [0.25, 0.3) is 0 Å². The summed E-state index contributed by atoms with van der Waals surface area (Å²) >= 11 is 0. The Labute approximate surface area is 99.8 Å². The maximum atomic E-state index is 12.1. The number of hydrogen-bond donors (Lipinski definition) is 2. The lowest BCUT2D eigenvalue weighted by atomic mass is 10.0. The molecule has 6 heteroatoms. The predicted molar refractivity (Wildman–Crippen MR) is 59.5 cm³/mol. The Morgan fingerprint density at radius 2 is 1.59 bits per heavy atom. The van der Waals surface area contributed by atoms with Crippen molar-refractivity contribution in [3.63, 3.8) is 0 Å². The van der Waals surface area contributed by atoms with E-state index in [1.165, 1.54) is 4.90 Å². The first kappa shape index (κ1) is 12.2. The zero-order valence-electron chi connectivity index (χ0n) is 9.71. The molecule has 2 fully saturated rings. The van der Waals surface area contributed by atoms with Gasteiger partial charge >= 0.3 is 6.09 Å². The van der Waals surface area contributed by atoms with Gasteiger partial charge in [0.25, 0.3) is 0 Å². The van der Waals surface area contributed by atoms with E-state index in [0.29, 0.717) is 45.4 Å². The summed E-state index contributed by atoms with van der Waals surface area (Å²) < 4.78 is 0. The summed E-state index contributed by atoms with van der Waals surface area (Å²) in [7, 11) is 0. The first-order chi connectivity index (χ1) is 8.08. The van der Waals surface area contributed by atoms with Crippen LogP contribution in [0.4, 0.5) is 4.79 Å². The Hall–Kier alpha value is -1.30. The maximum Gasteiger partial charge on any atom is 0.407 e. The van der Waals surface area contributed by atoms with Crippen molar-refractivity contribution in [2.75, 3.05) is 26.2 Å². The molecule has 2 aliphatic rings. The van der Waals surface area contributed by atoms with Gasteiger partial charge in [-0.3, -0.25) is 4.79 Å². The molecule has 2 rings (SSSR count). The van der Waals surface area contributed by atoms with Gasteiger partial charge in [0, 0.05) is 26.2 Å². The van der Waals surface area contributed by atoms with E-state index in [4.69, 9.17) is 5.11 Å². The summed E-state index contributed by atoms with van der Waals surface area (Å²) in [6, 6.07) is 0. The first-order valence-corrected chi connectivity index (χ1v) is 6.02. The van der Waals surface area contributed by atoms with Crippen molar-refractivity contribution in [1.82, 2.24) is 9.80 Å². The van der Waals surface area contributed by atoms with Crippen molar-refractivity contribution in [2.24, 2.45) is 5.92 Å². The van der Waals surface area contributed by atoms with Crippen LogP contribution in [0.1, 0.15) is 19.3 Å². The lowest BCUT2D eigenvalue weighted by Gasteiger charge is -2.31. The number of piperidine rings is 1. The summed E-state index contributed by atoms with van der Waals surface area (Å²) in [5.41, 5.74) is 0. The molecule has 1 unspecified atom stereocenters. The van der Waals surface area contributed by atoms with E-state index >= 15 is 0 Å². The Bertz CT molecular complexity index is 313. The molecule has 2 amide bonds. The van der Waals surface area contributed by atoms with Crippen LogP contribution in [0.2, 0.25) is 0 Å². The summed E-state index contributed by atoms with van der Waals surface area (Å²) in [4.78, 5) is 25.9. The van der Waals surface area contributed by atoms with E-state index in [2.05, 4.69) is 0 Å². The first-order valence-electron chi connectivity index (χ1n) is 6.02. The molecule has 2 N–H and O–H groups in total. The molecular weight excluding hydrogens is 224 g/mol. The number of rotatable bonds is 1. The number of aliphatic hydroxyl groups is 1. The number of amides is 2. The SMILES string of the molecule is O=C(O)N1CCC(C(=O)N2CCC(O)CC2)C1. The van der Waals surface area contributed by atoms with Gasteiger partial charge in [-0.2, -0.15) is 0 Å². The van der Waals surface area contributed by atoms with E-state index in [-0.39, 0.29) is 17.9 Å². The zero-order chi connectivity index (χ0) is 12.4. The van der Waals surface area contributed by atoms with E-state index in [9.17, 15) is 14.7 Å². The van der Waals surface area contributed by atoms with Crippen molar-refractivity contribution < 1.29 is 19.8 Å². The smallest absolute Gasteiger partial charge is 0.407 e. The molecule has 17 heavy (non-hydrogen) atoms. The summed E-state index contributed by atoms with van der Waals surface area (Å²) in [5, 5.41) is 18.2. The molecule has 6 nitrogen and oxygen atoms in total. The highest BCUT2D eigenvalue weighted by Crippen LogP contribution is 2.21. The zero-order valence-corrected chi connectivity index (χ0v) is 9.71. The molecule has 0 saturated carbocycles. The summed E-state index contributed by atoms with van der Waals surface area (Å²) in [6.45, 7) is 1.93. The fraction of sp³-hybridized carbons (Fsp3) is 0.818. The van der Waals surface area contributed by atoms with E-state index in [1.807, 2.05) is 0 Å². The molecule has 96 valence electrons. The number of aliphatic hydroxyl groups excluding tert-OH is 1. The van der Waals surface area contributed by atoms with Crippen LogP contribution >= 0.6 is 0 Å². The van der Waals surface area contributed by atoms with Crippen LogP contribution in [0, 0.1) is 5.92 Å². The highest BCUT2D eigenvalue weighted by atomic mass is 16.4. The molecule has 0 aromatic heterocycles.